The molecule has 17 heavy (non-hydrogen) atoms. The van der Waals surface area contributed by atoms with Crippen molar-refractivity contribution in [2.24, 2.45) is 11.8 Å². The summed E-state index contributed by atoms with van der Waals surface area (Å²) in [6.45, 7) is 11.7. The van der Waals surface area contributed by atoms with Crippen LogP contribution in [-0.2, 0) is 0 Å². The number of hydrogen-bond acceptors (Lipinski definition) is 4. The van der Waals surface area contributed by atoms with Gasteiger partial charge < -0.3 is 20.2 Å². The fraction of sp³-hybridized carbons (Fsp3) is 1.00. The zero-order valence-corrected chi connectivity index (χ0v) is 11.1. The van der Waals surface area contributed by atoms with Gasteiger partial charge in [0.25, 0.3) is 0 Å². The van der Waals surface area contributed by atoms with Crippen molar-refractivity contribution < 1.29 is 5.11 Å². The molecule has 100 valence electrons. The standard InChI is InChI=1S/C13H27N3O/c1-2-15-6-3-12(9-15)13(11-17)10-16-7-4-14-5-8-16/h12-14,17H,2-11H2,1H3. The van der Waals surface area contributed by atoms with Gasteiger partial charge in [-0.3, -0.25) is 0 Å². The van der Waals surface area contributed by atoms with Gasteiger partial charge in [-0.05, 0) is 31.3 Å². The Hall–Kier alpha value is -0.160. The first-order valence-corrected chi connectivity index (χ1v) is 7.09. The Kier molecular flexibility index (Phi) is 5.22. The van der Waals surface area contributed by atoms with E-state index in [0.717, 1.165) is 39.3 Å². The summed E-state index contributed by atoms with van der Waals surface area (Å²) in [4.78, 5) is 5.01. The average Bonchev–Trinajstić information content (AvgIpc) is 2.86. The molecule has 0 aromatic heterocycles. The van der Waals surface area contributed by atoms with Gasteiger partial charge in [0.05, 0.1) is 0 Å². The van der Waals surface area contributed by atoms with Crippen molar-refractivity contribution in [1.82, 2.24) is 15.1 Å². The van der Waals surface area contributed by atoms with Crippen LogP contribution in [0.15, 0.2) is 0 Å². The van der Waals surface area contributed by atoms with Gasteiger partial charge in [-0.25, -0.2) is 0 Å². The molecular weight excluding hydrogens is 214 g/mol. The third kappa shape index (κ3) is 3.65. The number of likely N-dealkylation sites (tertiary alicyclic amines) is 1. The van der Waals surface area contributed by atoms with Gasteiger partial charge in [0.1, 0.15) is 0 Å². The van der Waals surface area contributed by atoms with Gasteiger partial charge in [-0.2, -0.15) is 0 Å². The normalized spacial score (nSPS) is 29.6. The summed E-state index contributed by atoms with van der Waals surface area (Å²) in [6.07, 6.45) is 1.27. The van der Waals surface area contributed by atoms with Crippen LogP contribution in [0.5, 0.6) is 0 Å². The molecule has 0 bridgehead atoms. The maximum atomic E-state index is 9.62. The van der Waals surface area contributed by atoms with Gasteiger partial charge in [0, 0.05) is 45.9 Å². The van der Waals surface area contributed by atoms with Crippen molar-refractivity contribution in [3.05, 3.63) is 0 Å². The van der Waals surface area contributed by atoms with E-state index in [0.29, 0.717) is 18.4 Å². The third-order valence-corrected chi connectivity index (χ3v) is 4.36. The van der Waals surface area contributed by atoms with Gasteiger partial charge >= 0.3 is 0 Å². The van der Waals surface area contributed by atoms with E-state index in [1.54, 1.807) is 0 Å². The molecular formula is C13H27N3O. The fourth-order valence-corrected chi connectivity index (χ4v) is 3.12. The molecule has 2 fully saturated rings. The van der Waals surface area contributed by atoms with Crippen molar-refractivity contribution in [2.75, 3.05) is 59.0 Å². The van der Waals surface area contributed by atoms with Crippen LogP contribution in [-0.4, -0.2) is 73.9 Å². The van der Waals surface area contributed by atoms with E-state index in [1.807, 2.05) is 0 Å². The molecule has 2 unspecified atom stereocenters. The van der Waals surface area contributed by atoms with Crippen LogP contribution in [0.3, 0.4) is 0 Å². The van der Waals surface area contributed by atoms with Crippen LogP contribution in [0.25, 0.3) is 0 Å². The number of nitrogens with zero attached hydrogens (tertiary/aromatic N) is 2. The molecule has 0 aromatic carbocycles. The van der Waals surface area contributed by atoms with Crippen LogP contribution < -0.4 is 5.32 Å². The average molecular weight is 241 g/mol. The Labute approximate surface area is 105 Å². The summed E-state index contributed by atoms with van der Waals surface area (Å²) in [5.74, 6) is 1.18. The second-order valence-electron chi connectivity index (χ2n) is 5.44. The number of nitrogens with one attached hydrogen (secondary N) is 1. The van der Waals surface area contributed by atoms with E-state index in [4.69, 9.17) is 0 Å². The van der Waals surface area contributed by atoms with Gasteiger partial charge in [-0.1, -0.05) is 6.92 Å². The first kappa shape index (κ1) is 13.3. The summed E-state index contributed by atoms with van der Waals surface area (Å²) in [5, 5.41) is 13.0. The van der Waals surface area contributed by atoms with E-state index in [1.165, 1.54) is 19.5 Å². The molecule has 2 aliphatic heterocycles. The van der Waals surface area contributed by atoms with Crippen LogP contribution in [0.2, 0.25) is 0 Å². The molecule has 2 aliphatic rings. The van der Waals surface area contributed by atoms with Gasteiger partial charge in [0.15, 0.2) is 0 Å². The number of piperazine rings is 1. The molecule has 4 heteroatoms. The van der Waals surface area contributed by atoms with E-state index in [2.05, 4.69) is 22.0 Å². The van der Waals surface area contributed by atoms with Crippen molar-refractivity contribution in [3.8, 4) is 0 Å². The fourth-order valence-electron chi connectivity index (χ4n) is 3.12. The Morgan fingerprint density at radius 2 is 2.00 bits per heavy atom. The monoisotopic (exact) mass is 241 g/mol. The highest BCUT2D eigenvalue weighted by molar-refractivity contribution is 4.83. The minimum absolute atomic E-state index is 0.353. The van der Waals surface area contributed by atoms with Gasteiger partial charge in [-0.15, -0.1) is 0 Å². The predicted molar refractivity (Wildman–Crippen MR) is 70.1 cm³/mol. The summed E-state index contributed by atoms with van der Waals surface area (Å²) in [6, 6.07) is 0. The Morgan fingerprint density at radius 1 is 1.24 bits per heavy atom. The molecule has 2 N–H and O–H groups in total. The van der Waals surface area contributed by atoms with E-state index >= 15 is 0 Å². The molecule has 2 rings (SSSR count). The highest BCUT2D eigenvalue weighted by Gasteiger charge is 2.29. The summed E-state index contributed by atoms with van der Waals surface area (Å²) < 4.78 is 0. The SMILES string of the molecule is CCN1CCC(C(CO)CN2CCNCC2)C1. The topological polar surface area (TPSA) is 38.7 Å². The molecule has 2 heterocycles. The smallest absolute Gasteiger partial charge is 0.0474 e. The first-order chi connectivity index (χ1) is 8.33. The molecule has 0 radical (unpaired) electrons. The van der Waals surface area contributed by atoms with Crippen LogP contribution in [0, 0.1) is 11.8 Å². The number of hydrogen-bond donors (Lipinski definition) is 2. The Bertz CT molecular complexity index is 219. The molecule has 4 nitrogen and oxygen atoms in total. The lowest BCUT2D eigenvalue weighted by Gasteiger charge is -2.32. The Balaban J connectivity index is 1.79. The second kappa shape index (κ2) is 6.69. The van der Waals surface area contributed by atoms with Crippen molar-refractivity contribution >= 4 is 0 Å². The molecule has 2 atom stereocenters. The third-order valence-electron chi connectivity index (χ3n) is 4.36. The minimum atomic E-state index is 0.353. The Morgan fingerprint density at radius 3 is 2.59 bits per heavy atom. The molecule has 2 saturated heterocycles. The lowest BCUT2D eigenvalue weighted by Crippen LogP contribution is -2.46. The molecule has 0 aromatic rings. The van der Waals surface area contributed by atoms with E-state index in [-0.39, 0.29) is 0 Å². The van der Waals surface area contributed by atoms with Crippen molar-refractivity contribution in [1.29, 1.82) is 0 Å². The second-order valence-corrected chi connectivity index (χ2v) is 5.44. The zero-order valence-electron chi connectivity index (χ0n) is 11.1. The highest BCUT2D eigenvalue weighted by Crippen LogP contribution is 2.24. The molecule has 0 amide bonds. The number of aliphatic hydroxyl groups is 1. The van der Waals surface area contributed by atoms with Crippen molar-refractivity contribution in [3.63, 3.8) is 0 Å². The van der Waals surface area contributed by atoms with Crippen LogP contribution in [0.1, 0.15) is 13.3 Å². The van der Waals surface area contributed by atoms with Crippen LogP contribution in [0.4, 0.5) is 0 Å². The van der Waals surface area contributed by atoms with Crippen molar-refractivity contribution in [2.45, 2.75) is 13.3 Å². The lowest BCUT2D eigenvalue weighted by atomic mass is 9.91. The van der Waals surface area contributed by atoms with Crippen LogP contribution >= 0.6 is 0 Å². The summed E-state index contributed by atoms with van der Waals surface area (Å²) in [7, 11) is 0. The number of aliphatic hydroxyl groups excluding tert-OH is 1. The first-order valence-electron chi connectivity index (χ1n) is 7.09. The quantitative estimate of drug-likeness (QED) is 0.702. The largest absolute Gasteiger partial charge is 0.396 e. The van der Waals surface area contributed by atoms with E-state index < -0.39 is 0 Å². The highest BCUT2D eigenvalue weighted by atomic mass is 16.3. The molecule has 0 saturated carbocycles. The maximum absolute atomic E-state index is 9.62. The van der Waals surface area contributed by atoms with Gasteiger partial charge in [0.2, 0.25) is 0 Å². The predicted octanol–water partition coefficient (Wildman–Crippen LogP) is -0.158. The maximum Gasteiger partial charge on any atom is 0.0474 e. The van der Waals surface area contributed by atoms with E-state index in [9.17, 15) is 5.11 Å². The zero-order chi connectivity index (χ0) is 12.1. The number of rotatable bonds is 5. The minimum Gasteiger partial charge on any atom is -0.396 e. The molecule has 0 spiro atoms. The molecule has 0 aliphatic carbocycles. The lowest BCUT2D eigenvalue weighted by molar-refractivity contribution is 0.115. The summed E-state index contributed by atoms with van der Waals surface area (Å²) >= 11 is 0. The summed E-state index contributed by atoms with van der Waals surface area (Å²) in [5.41, 5.74) is 0.